The Labute approximate surface area is 137 Å². The maximum absolute atomic E-state index is 12.7. The molecule has 0 radical (unpaired) electrons. The van der Waals surface area contributed by atoms with Gasteiger partial charge in [-0.25, -0.2) is 4.79 Å². The van der Waals surface area contributed by atoms with Crippen molar-refractivity contribution < 1.29 is 14.3 Å². The van der Waals surface area contributed by atoms with E-state index >= 15 is 0 Å². The van der Waals surface area contributed by atoms with Gasteiger partial charge in [-0.1, -0.05) is 30.3 Å². The van der Waals surface area contributed by atoms with Gasteiger partial charge >= 0.3 is 6.09 Å². The monoisotopic (exact) mass is 316 g/mol. The summed E-state index contributed by atoms with van der Waals surface area (Å²) < 4.78 is 5.33. The fourth-order valence-corrected chi connectivity index (χ4v) is 3.21. The van der Waals surface area contributed by atoms with E-state index in [2.05, 4.69) is 5.32 Å². The maximum atomic E-state index is 12.7. The van der Waals surface area contributed by atoms with Gasteiger partial charge in [0.25, 0.3) is 0 Å². The quantitative estimate of drug-likeness (QED) is 0.933. The number of likely N-dealkylation sites (tertiary alicyclic amines) is 1. The molecule has 1 aliphatic heterocycles. The van der Waals surface area contributed by atoms with Gasteiger partial charge in [0.2, 0.25) is 5.91 Å². The molecule has 2 fully saturated rings. The predicted molar refractivity (Wildman–Crippen MR) is 86.7 cm³/mol. The summed E-state index contributed by atoms with van der Waals surface area (Å²) in [5.74, 6) is 0.155. The van der Waals surface area contributed by atoms with Crippen LogP contribution >= 0.6 is 0 Å². The van der Waals surface area contributed by atoms with Crippen LogP contribution in [0.4, 0.5) is 4.79 Å². The Balaban J connectivity index is 1.66. The number of hydrogen-bond donors (Lipinski definition) is 1. The number of benzene rings is 1. The molecule has 2 aliphatic rings. The largest absolute Gasteiger partial charge is 0.444 e. The molecule has 1 saturated heterocycles. The highest BCUT2D eigenvalue weighted by Crippen LogP contribution is 2.54. The highest BCUT2D eigenvalue weighted by molar-refractivity contribution is 5.89. The lowest BCUT2D eigenvalue weighted by Gasteiger charge is -2.23. The summed E-state index contributed by atoms with van der Waals surface area (Å²) in [7, 11) is 0. The van der Waals surface area contributed by atoms with E-state index in [4.69, 9.17) is 4.74 Å². The molecule has 0 bridgehead atoms. The zero-order chi connectivity index (χ0) is 16.7. The number of amides is 2. The second kappa shape index (κ2) is 5.55. The number of hydrogen-bond acceptors (Lipinski definition) is 3. The average molecular weight is 316 g/mol. The van der Waals surface area contributed by atoms with Gasteiger partial charge in [0, 0.05) is 13.1 Å². The first-order valence-electron chi connectivity index (χ1n) is 8.13. The molecule has 23 heavy (non-hydrogen) atoms. The number of ether oxygens (including phenoxy) is 1. The Morgan fingerprint density at radius 2 is 1.96 bits per heavy atom. The first kappa shape index (κ1) is 15.8. The van der Waals surface area contributed by atoms with Crippen molar-refractivity contribution in [1.29, 1.82) is 0 Å². The minimum atomic E-state index is -0.535. The van der Waals surface area contributed by atoms with Gasteiger partial charge in [-0.2, -0.15) is 0 Å². The molecule has 5 heteroatoms. The zero-order valence-corrected chi connectivity index (χ0v) is 14.0. The molecule has 3 rings (SSSR count). The van der Waals surface area contributed by atoms with E-state index in [9.17, 15) is 9.59 Å². The zero-order valence-electron chi connectivity index (χ0n) is 14.0. The Kier molecular flexibility index (Phi) is 3.82. The Morgan fingerprint density at radius 1 is 1.30 bits per heavy atom. The summed E-state index contributed by atoms with van der Waals surface area (Å²) in [4.78, 5) is 26.6. The van der Waals surface area contributed by atoms with Gasteiger partial charge in [0.15, 0.2) is 0 Å². The lowest BCUT2D eigenvalue weighted by Crippen LogP contribution is -2.44. The lowest BCUT2D eigenvalue weighted by molar-refractivity contribution is -0.132. The number of carbonyl (C=O) groups excluding carboxylic acids is 2. The van der Waals surface area contributed by atoms with Crippen LogP contribution in [0.2, 0.25) is 0 Å². The second-order valence-electron chi connectivity index (χ2n) is 7.53. The van der Waals surface area contributed by atoms with Crippen molar-refractivity contribution in [2.45, 2.75) is 51.8 Å². The van der Waals surface area contributed by atoms with Crippen molar-refractivity contribution in [3.63, 3.8) is 0 Å². The third-order valence-corrected chi connectivity index (χ3v) is 4.48. The van der Waals surface area contributed by atoms with Crippen molar-refractivity contribution in [2.24, 2.45) is 5.41 Å². The summed E-state index contributed by atoms with van der Waals surface area (Å²) in [6.07, 6.45) is 1.25. The van der Waals surface area contributed by atoms with Crippen molar-refractivity contribution in [2.75, 3.05) is 6.54 Å². The second-order valence-corrected chi connectivity index (χ2v) is 7.53. The van der Waals surface area contributed by atoms with E-state index in [0.29, 0.717) is 13.1 Å². The SMILES string of the molecule is CC(C)(C)OC(=O)NC1CN(Cc2ccccc2)C(=O)C12CC2. The van der Waals surface area contributed by atoms with Gasteiger partial charge in [0.1, 0.15) is 5.60 Å². The molecule has 1 spiro atoms. The van der Waals surface area contributed by atoms with Gasteiger partial charge in [0.05, 0.1) is 11.5 Å². The molecule has 1 N–H and O–H groups in total. The molecule has 1 aliphatic carbocycles. The summed E-state index contributed by atoms with van der Waals surface area (Å²) in [6, 6.07) is 9.78. The number of alkyl carbamates (subject to hydrolysis) is 1. The van der Waals surface area contributed by atoms with E-state index in [1.165, 1.54) is 0 Å². The third-order valence-electron chi connectivity index (χ3n) is 4.48. The van der Waals surface area contributed by atoms with Gasteiger partial charge in [-0.05, 0) is 39.2 Å². The van der Waals surface area contributed by atoms with Crippen LogP contribution in [-0.4, -0.2) is 35.1 Å². The Hall–Kier alpha value is -2.04. The fraction of sp³-hybridized carbons (Fsp3) is 0.556. The molecule has 0 aromatic heterocycles. The van der Waals surface area contributed by atoms with E-state index in [1.54, 1.807) is 0 Å². The van der Waals surface area contributed by atoms with Gasteiger partial charge in [-0.3, -0.25) is 4.79 Å². The minimum Gasteiger partial charge on any atom is -0.444 e. The van der Waals surface area contributed by atoms with Crippen molar-refractivity contribution in [3.05, 3.63) is 35.9 Å². The molecule has 124 valence electrons. The van der Waals surface area contributed by atoms with E-state index in [-0.39, 0.29) is 11.9 Å². The fourth-order valence-electron chi connectivity index (χ4n) is 3.21. The van der Waals surface area contributed by atoms with E-state index in [0.717, 1.165) is 18.4 Å². The molecule has 1 atom stereocenters. The standard InChI is InChI=1S/C18H24N2O3/c1-17(2,3)23-16(22)19-14-12-20(15(21)18(14)9-10-18)11-13-7-5-4-6-8-13/h4-8,14H,9-12H2,1-3H3,(H,19,22). The Bertz CT molecular complexity index is 602. The molecule has 5 nitrogen and oxygen atoms in total. The predicted octanol–water partition coefficient (Wildman–Crippen LogP) is 2.70. The number of nitrogens with one attached hydrogen (secondary N) is 1. The number of carbonyl (C=O) groups is 2. The molecule has 1 aromatic carbocycles. The van der Waals surface area contributed by atoms with Gasteiger partial charge in [-0.15, -0.1) is 0 Å². The average Bonchev–Trinajstić information content (AvgIpc) is 3.21. The normalized spacial score (nSPS) is 22.3. The number of nitrogens with zero attached hydrogens (tertiary/aromatic N) is 1. The summed E-state index contributed by atoms with van der Waals surface area (Å²) in [5, 5.41) is 2.91. The summed E-state index contributed by atoms with van der Waals surface area (Å²) >= 11 is 0. The Morgan fingerprint density at radius 3 is 2.52 bits per heavy atom. The molecular formula is C18H24N2O3. The van der Waals surface area contributed by atoms with Crippen molar-refractivity contribution in [3.8, 4) is 0 Å². The molecule has 1 aromatic rings. The van der Waals surface area contributed by atoms with Crippen LogP contribution in [-0.2, 0) is 16.1 Å². The molecular weight excluding hydrogens is 292 g/mol. The summed E-state index contributed by atoms with van der Waals surface area (Å²) in [5.41, 5.74) is 0.174. The molecule has 1 heterocycles. The first-order valence-corrected chi connectivity index (χ1v) is 8.13. The third kappa shape index (κ3) is 3.33. The van der Waals surface area contributed by atoms with Crippen LogP contribution in [0.15, 0.2) is 30.3 Å². The minimum absolute atomic E-state index is 0.155. The van der Waals surface area contributed by atoms with Crippen LogP contribution in [0, 0.1) is 5.41 Å². The summed E-state index contributed by atoms with van der Waals surface area (Å²) in [6.45, 7) is 6.64. The van der Waals surface area contributed by atoms with Crippen LogP contribution < -0.4 is 5.32 Å². The van der Waals surface area contributed by atoms with Crippen LogP contribution in [0.1, 0.15) is 39.2 Å². The van der Waals surface area contributed by atoms with Crippen molar-refractivity contribution in [1.82, 2.24) is 10.2 Å². The lowest BCUT2D eigenvalue weighted by atomic mass is 10.0. The topological polar surface area (TPSA) is 58.6 Å². The number of rotatable bonds is 3. The van der Waals surface area contributed by atoms with Crippen LogP contribution in [0.5, 0.6) is 0 Å². The molecule has 2 amide bonds. The molecule has 1 saturated carbocycles. The van der Waals surface area contributed by atoms with Crippen LogP contribution in [0.3, 0.4) is 0 Å². The smallest absolute Gasteiger partial charge is 0.407 e. The highest BCUT2D eigenvalue weighted by atomic mass is 16.6. The first-order chi connectivity index (χ1) is 10.8. The van der Waals surface area contributed by atoms with Crippen LogP contribution in [0.25, 0.3) is 0 Å². The highest BCUT2D eigenvalue weighted by Gasteiger charge is 2.62. The molecule has 1 unspecified atom stereocenters. The van der Waals surface area contributed by atoms with E-state index < -0.39 is 17.1 Å². The maximum Gasteiger partial charge on any atom is 0.407 e. The van der Waals surface area contributed by atoms with Crippen molar-refractivity contribution >= 4 is 12.0 Å². The van der Waals surface area contributed by atoms with E-state index in [1.807, 2.05) is 56.0 Å². The van der Waals surface area contributed by atoms with Gasteiger partial charge < -0.3 is 15.0 Å².